The van der Waals surface area contributed by atoms with E-state index in [1.54, 1.807) is 6.07 Å². The summed E-state index contributed by atoms with van der Waals surface area (Å²) in [6.45, 7) is 9.22. The highest BCUT2D eigenvalue weighted by atomic mass is 16.5. The first kappa shape index (κ1) is 18.4. The number of hydrogen-bond donors (Lipinski definition) is 1. The van der Waals surface area contributed by atoms with Gasteiger partial charge in [-0.3, -0.25) is 15.0 Å². The smallest absolute Gasteiger partial charge is 0.243 e. The van der Waals surface area contributed by atoms with Crippen molar-refractivity contribution in [3.05, 3.63) is 11.8 Å². The third kappa shape index (κ3) is 5.28. The summed E-state index contributed by atoms with van der Waals surface area (Å²) in [7, 11) is 0. The standard InChI is InChI=1S/C19H32N4O2/c1-15-13-18(25-21-15)20-19(24)16(2)23-10-6-9-22(11-12-23)14-17-7-4-3-5-8-17/h13,16-17H,3-12,14H2,1-2H3,(H,20,24). The number of hydrogen-bond acceptors (Lipinski definition) is 5. The van der Waals surface area contributed by atoms with Crippen molar-refractivity contribution in [3.63, 3.8) is 0 Å². The van der Waals surface area contributed by atoms with Crippen molar-refractivity contribution in [1.29, 1.82) is 0 Å². The molecule has 1 aromatic heterocycles. The molecule has 1 atom stereocenters. The van der Waals surface area contributed by atoms with E-state index < -0.39 is 0 Å². The summed E-state index contributed by atoms with van der Waals surface area (Å²) < 4.78 is 5.09. The Bertz CT molecular complexity index is 553. The van der Waals surface area contributed by atoms with Gasteiger partial charge in [0.15, 0.2) is 0 Å². The first-order valence-electron chi connectivity index (χ1n) is 9.82. The van der Waals surface area contributed by atoms with Gasteiger partial charge in [-0.15, -0.1) is 0 Å². The molecule has 140 valence electrons. The summed E-state index contributed by atoms with van der Waals surface area (Å²) in [5.41, 5.74) is 0.774. The van der Waals surface area contributed by atoms with Crippen molar-refractivity contribution in [1.82, 2.24) is 15.0 Å². The Morgan fingerprint density at radius 1 is 1.24 bits per heavy atom. The van der Waals surface area contributed by atoms with Gasteiger partial charge >= 0.3 is 0 Å². The lowest BCUT2D eigenvalue weighted by Gasteiger charge is -2.29. The SMILES string of the molecule is Cc1cc(NC(=O)C(C)N2CCCN(CC3CCCCC3)CC2)on1. The highest BCUT2D eigenvalue weighted by Gasteiger charge is 2.26. The van der Waals surface area contributed by atoms with Crippen molar-refractivity contribution in [3.8, 4) is 0 Å². The first-order chi connectivity index (χ1) is 12.1. The third-order valence-electron chi connectivity index (χ3n) is 5.67. The zero-order valence-electron chi connectivity index (χ0n) is 15.7. The second kappa shape index (κ2) is 8.81. The van der Waals surface area contributed by atoms with Gasteiger partial charge in [-0.25, -0.2) is 0 Å². The van der Waals surface area contributed by atoms with Crippen LogP contribution in [0.5, 0.6) is 0 Å². The maximum absolute atomic E-state index is 12.5. The van der Waals surface area contributed by atoms with Gasteiger partial charge in [-0.05, 0) is 45.6 Å². The maximum Gasteiger partial charge on any atom is 0.243 e. The second-order valence-corrected chi connectivity index (χ2v) is 7.69. The molecule has 1 saturated heterocycles. The Hall–Kier alpha value is -1.40. The monoisotopic (exact) mass is 348 g/mol. The van der Waals surface area contributed by atoms with E-state index in [9.17, 15) is 4.79 Å². The summed E-state index contributed by atoms with van der Waals surface area (Å²) >= 11 is 0. The van der Waals surface area contributed by atoms with Crippen LogP contribution in [0.3, 0.4) is 0 Å². The molecule has 1 saturated carbocycles. The van der Waals surface area contributed by atoms with Crippen LogP contribution in [-0.2, 0) is 4.79 Å². The number of aryl methyl sites for hydroxylation is 1. The quantitative estimate of drug-likeness (QED) is 0.886. The Labute approximate surface area is 150 Å². The second-order valence-electron chi connectivity index (χ2n) is 7.69. The molecule has 0 radical (unpaired) electrons. The van der Waals surface area contributed by atoms with Crippen LogP contribution in [0.4, 0.5) is 5.88 Å². The van der Waals surface area contributed by atoms with Crippen molar-refractivity contribution < 1.29 is 9.32 Å². The highest BCUT2D eigenvalue weighted by Crippen LogP contribution is 2.25. The van der Waals surface area contributed by atoms with Crippen LogP contribution in [0.1, 0.15) is 51.1 Å². The lowest BCUT2D eigenvalue weighted by Crippen LogP contribution is -2.44. The van der Waals surface area contributed by atoms with Gasteiger partial charge in [0.2, 0.25) is 11.8 Å². The number of rotatable bonds is 5. The van der Waals surface area contributed by atoms with Crippen molar-refractivity contribution in [2.45, 2.75) is 58.4 Å². The van der Waals surface area contributed by atoms with E-state index in [1.165, 1.54) is 38.6 Å². The van der Waals surface area contributed by atoms with Crippen molar-refractivity contribution in [2.75, 3.05) is 38.0 Å². The van der Waals surface area contributed by atoms with Gasteiger partial charge in [-0.1, -0.05) is 24.4 Å². The molecule has 1 aromatic rings. The molecule has 1 N–H and O–H groups in total. The van der Waals surface area contributed by atoms with Crippen LogP contribution in [0.2, 0.25) is 0 Å². The summed E-state index contributed by atoms with van der Waals surface area (Å²) in [6, 6.07) is 1.60. The summed E-state index contributed by atoms with van der Waals surface area (Å²) in [5, 5.41) is 6.65. The average Bonchev–Trinajstić information content (AvgIpc) is 2.88. The van der Waals surface area contributed by atoms with Crippen molar-refractivity contribution >= 4 is 11.8 Å². The number of nitrogens with zero attached hydrogens (tertiary/aromatic N) is 3. The predicted molar refractivity (Wildman–Crippen MR) is 98.5 cm³/mol. The Morgan fingerprint density at radius 2 is 2.04 bits per heavy atom. The van der Waals surface area contributed by atoms with E-state index >= 15 is 0 Å². The number of amides is 1. The molecule has 0 spiro atoms. The first-order valence-corrected chi connectivity index (χ1v) is 9.82. The van der Waals surface area contributed by atoms with E-state index in [-0.39, 0.29) is 11.9 Å². The molecule has 1 aliphatic heterocycles. The van der Waals surface area contributed by atoms with E-state index in [1.807, 2.05) is 13.8 Å². The molecular weight excluding hydrogens is 316 g/mol. The zero-order valence-corrected chi connectivity index (χ0v) is 15.7. The molecule has 0 aromatic carbocycles. The lowest BCUT2D eigenvalue weighted by atomic mass is 9.89. The predicted octanol–water partition coefficient (Wildman–Crippen LogP) is 2.90. The lowest BCUT2D eigenvalue weighted by molar-refractivity contribution is -0.120. The van der Waals surface area contributed by atoms with Crippen LogP contribution in [0.25, 0.3) is 0 Å². The van der Waals surface area contributed by atoms with E-state index in [4.69, 9.17) is 4.52 Å². The molecule has 1 amide bonds. The fourth-order valence-corrected chi connectivity index (χ4v) is 4.11. The van der Waals surface area contributed by atoms with Gasteiger partial charge < -0.3 is 9.42 Å². The maximum atomic E-state index is 12.5. The third-order valence-corrected chi connectivity index (χ3v) is 5.67. The average molecular weight is 348 g/mol. The molecule has 0 bridgehead atoms. The zero-order chi connectivity index (χ0) is 17.6. The van der Waals surface area contributed by atoms with E-state index in [2.05, 4.69) is 20.3 Å². The molecule has 1 aliphatic carbocycles. The minimum absolute atomic E-state index is 0.0168. The van der Waals surface area contributed by atoms with Crippen LogP contribution >= 0.6 is 0 Å². The summed E-state index contributed by atoms with van der Waals surface area (Å²) in [4.78, 5) is 17.4. The van der Waals surface area contributed by atoms with Gasteiger partial charge in [0.1, 0.15) is 0 Å². The summed E-state index contributed by atoms with van der Waals surface area (Å²) in [5.74, 6) is 1.30. The van der Waals surface area contributed by atoms with Gasteiger partial charge in [0.25, 0.3) is 0 Å². The molecule has 2 aliphatic rings. The molecular formula is C19H32N4O2. The van der Waals surface area contributed by atoms with Crippen LogP contribution < -0.4 is 5.32 Å². The normalized spacial score (nSPS) is 22.5. The number of anilines is 1. The Balaban J connectivity index is 1.47. The number of carbonyl (C=O) groups excluding carboxylic acids is 1. The number of aromatic nitrogens is 1. The number of carbonyl (C=O) groups is 1. The largest absolute Gasteiger partial charge is 0.338 e. The number of nitrogens with one attached hydrogen (secondary N) is 1. The van der Waals surface area contributed by atoms with Crippen LogP contribution in [-0.4, -0.2) is 59.6 Å². The van der Waals surface area contributed by atoms with E-state index in [0.717, 1.165) is 44.2 Å². The van der Waals surface area contributed by atoms with Gasteiger partial charge in [0.05, 0.1) is 11.7 Å². The van der Waals surface area contributed by atoms with Crippen LogP contribution in [0, 0.1) is 12.8 Å². The Morgan fingerprint density at radius 3 is 2.76 bits per heavy atom. The highest BCUT2D eigenvalue weighted by molar-refractivity contribution is 5.93. The van der Waals surface area contributed by atoms with Gasteiger partial charge in [-0.2, -0.15) is 0 Å². The Kier molecular flexibility index (Phi) is 6.48. The summed E-state index contributed by atoms with van der Waals surface area (Å²) in [6.07, 6.45) is 8.16. The topological polar surface area (TPSA) is 61.6 Å². The molecule has 6 nitrogen and oxygen atoms in total. The van der Waals surface area contributed by atoms with Crippen LogP contribution in [0.15, 0.2) is 10.6 Å². The fraction of sp³-hybridized carbons (Fsp3) is 0.789. The molecule has 2 fully saturated rings. The molecule has 3 rings (SSSR count). The van der Waals surface area contributed by atoms with E-state index in [0.29, 0.717) is 5.88 Å². The van der Waals surface area contributed by atoms with Crippen molar-refractivity contribution in [2.24, 2.45) is 5.92 Å². The van der Waals surface area contributed by atoms with Gasteiger partial charge in [0, 0.05) is 32.2 Å². The molecule has 2 heterocycles. The molecule has 6 heteroatoms. The fourth-order valence-electron chi connectivity index (χ4n) is 4.11. The minimum atomic E-state index is -0.153. The molecule has 25 heavy (non-hydrogen) atoms. The molecule has 1 unspecified atom stereocenters. The minimum Gasteiger partial charge on any atom is -0.338 e.